The molecule has 8 nitrogen and oxygen atoms in total. The average Bonchev–Trinajstić information content (AvgIpc) is 3.30. The Balaban J connectivity index is 1.75. The number of carbonyl (C=O) groups excluding carboxylic acids is 2. The smallest absolute Gasteiger partial charge is 0.251 e. The van der Waals surface area contributed by atoms with Crippen LogP contribution in [0.2, 0.25) is 0 Å². The van der Waals surface area contributed by atoms with Crippen LogP contribution in [0.25, 0.3) is 5.52 Å². The van der Waals surface area contributed by atoms with E-state index < -0.39 is 12.6 Å². The predicted molar refractivity (Wildman–Crippen MR) is 101 cm³/mol. The van der Waals surface area contributed by atoms with Gasteiger partial charge in [0.25, 0.3) is 5.91 Å². The third-order valence-electron chi connectivity index (χ3n) is 6.15. The van der Waals surface area contributed by atoms with Crippen LogP contribution in [0.5, 0.6) is 0 Å². The van der Waals surface area contributed by atoms with Crippen molar-refractivity contribution in [3.8, 4) is 0 Å². The Kier molecular flexibility index (Phi) is 4.08. The molecule has 0 saturated heterocycles. The Hall–Kier alpha value is -2.87. The number of aliphatic hydroxyl groups is 1. The van der Waals surface area contributed by atoms with E-state index in [-0.39, 0.29) is 23.9 Å². The van der Waals surface area contributed by atoms with E-state index in [0.717, 1.165) is 42.6 Å². The maximum Gasteiger partial charge on any atom is 0.251 e. The van der Waals surface area contributed by atoms with E-state index in [0.29, 0.717) is 12.1 Å². The van der Waals surface area contributed by atoms with Crippen molar-refractivity contribution in [3.63, 3.8) is 0 Å². The fourth-order valence-corrected chi connectivity index (χ4v) is 4.96. The van der Waals surface area contributed by atoms with E-state index in [1.54, 1.807) is 15.6 Å². The molecule has 1 saturated carbocycles. The molecule has 1 aliphatic carbocycles. The van der Waals surface area contributed by atoms with Gasteiger partial charge in [0, 0.05) is 17.9 Å². The molecular weight excluding hydrogens is 358 g/mol. The first-order chi connectivity index (χ1) is 13.7. The second kappa shape index (κ2) is 6.63. The summed E-state index contributed by atoms with van der Waals surface area (Å²) in [5.74, 6) is -0.535. The highest BCUT2D eigenvalue weighted by Gasteiger charge is 2.46. The molecule has 2 aromatic rings. The molecule has 1 fully saturated rings. The zero-order chi connectivity index (χ0) is 19.3. The first kappa shape index (κ1) is 17.2. The van der Waals surface area contributed by atoms with Crippen molar-refractivity contribution in [3.05, 3.63) is 47.4 Å². The van der Waals surface area contributed by atoms with E-state index >= 15 is 0 Å². The molecule has 0 radical (unpaired) electrons. The predicted octanol–water partition coefficient (Wildman–Crippen LogP) is 0.495. The van der Waals surface area contributed by atoms with Crippen molar-refractivity contribution < 1.29 is 14.7 Å². The van der Waals surface area contributed by atoms with E-state index in [4.69, 9.17) is 0 Å². The fraction of sp³-hybridized carbons (Fsp3) is 0.450. The number of pyridine rings is 1. The molecule has 0 aromatic carbocycles. The highest BCUT2D eigenvalue weighted by Crippen LogP contribution is 2.40. The molecular formula is C20H23N5O3. The van der Waals surface area contributed by atoms with Gasteiger partial charge in [0.05, 0.1) is 29.4 Å². The van der Waals surface area contributed by atoms with Crippen LogP contribution in [-0.4, -0.2) is 56.7 Å². The van der Waals surface area contributed by atoms with Crippen LogP contribution in [0.3, 0.4) is 0 Å². The lowest BCUT2D eigenvalue weighted by Gasteiger charge is -2.42. The number of aliphatic hydroxyl groups excluding tert-OH is 1. The molecule has 5 rings (SSSR count). The first-order valence-corrected chi connectivity index (χ1v) is 9.81. The van der Waals surface area contributed by atoms with Crippen LogP contribution < -0.4 is 10.6 Å². The lowest BCUT2D eigenvalue weighted by atomic mass is 9.88. The molecule has 2 aromatic heterocycles. The second-order valence-electron chi connectivity index (χ2n) is 7.66. The van der Waals surface area contributed by atoms with Gasteiger partial charge in [0.15, 0.2) is 0 Å². The largest absolute Gasteiger partial charge is 0.387 e. The number of rotatable bonds is 2. The topological polar surface area (TPSA) is 99.0 Å². The summed E-state index contributed by atoms with van der Waals surface area (Å²) in [6, 6.07) is 7.05. The summed E-state index contributed by atoms with van der Waals surface area (Å²) in [7, 11) is 0. The average molecular weight is 381 g/mol. The fourth-order valence-electron chi connectivity index (χ4n) is 4.96. The minimum atomic E-state index is -0.596. The molecule has 0 bridgehead atoms. The summed E-state index contributed by atoms with van der Waals surface area (Å²) in [4.78, 5) is 27.6. The lowest BCUT2D eigenvalue weighted by molar-refractivity contribution is -0.140. The van der Waals surface area contributed by atoms with E-state index in [9.17, 15) is 14.7 Å². The minimum Gasteiger partial charge on any atom is -0.387 e. The SMILES string of the molecule is O=C1NCC2=C1[C@@H](c1cccc3ccnn13)N(C(=O)CO)[C@@H]1CCCC[C@H]1N2. The third-order valence-corrected chi connectivity index (χ3v) is 6.15. The standard InChI is InChI=1S/C20H23N5O3/c26-11-17(27)24-15-6-2-1-5-13(15)23-14-10-21-20(28)18(14)19(24)16-7-3-4-12-8-9-22-25(12)16/h3-4,7-9,13,15,19,23,26H,1-2,5-6,10-11H2,(H,21,28)/t13-,15-,19-/m1/s1. The lowest BCUT2D eigenvalue weighted by Crippen LogP contribution is -2.54. The number of carbonyl (C=O) groups is 2. The van der Waals surface area contributed by atoms with Crippen LogP contribution >= 0.6 is 0 Å². The Morgan fingerprint density at radius 1 is 1.25 bits per heavy atom. The number of nitrogens with one attached hydrogen (secondary N) is 2. The van der Waals surface area contributed by atoms with Gasteiger partial charge < -0.3 is 20.6 Å². The van der Waals surface area contributed by atoms with Gasteiger partial charge in [-0.15, -0.1) is 0 Å². The van der Waals surface area contributed by atoms with E-state index in [1.807, 2.05) is 24.3 Å². The number of hydrogen-bond acceptors (Lipinski definition) is 5. The van der Waals surface area contributed by atoms with Crippen molar-refractivity contribution in [2.75, 3.05) is 13.2 Å². The third kappa shape index (κ3) is 2.51. The van der Waals surface area contributed by atoms with Crippen LogP contribution in [-0.2, 0) is 9.59 Å². The summed E-state index contributed by atoms with van der Waals surface area (Å²) in [5, 5.41) is 20.6. The monoisotopic (exact) mass is 381 g/mol. The van der Waals surface area contributed by atoms with Crippen LogP contribution in [0.4, 0.5) is 0 Å². The normalized spacial score (nSPS) is 27.1. The van der Waals surface area contributed by atoms with Crippen molar-refractivity contribution >= 4 is 17.3 Å². The zero-order valence-corrected chi connectivity index (χ0v) is 15.5. The minimum absolute atomic E-state index is 0.0729. The summed E-state index contributed by atoms with van der Waals surface area (Å²) >= 11 is 0. The number of hydrogen-bond donors (Lipinski definition) is 3. The number of amides is 2. The van der Waals surface area contributed by atoms with Gasteiger partial charge in [0.2, 0.25) is 5.91 Å². The molecule has 2 amide bonds. The molecule has 146 valence electrons. The van der Waals surface area contributed by atoms with Crippen LogP contribution in [0.1, 0.15) is 37.4 Å². The molecule has 8 heteroatoms. The number of fused-ring (bicyclic) bond motifs is 2. The van der Waals surface area contributed by atoms with Gasteiger partial charge >= 0.3 is 0 Å². The quantitative estimate of drug-likeness (QED) is 0.703. The Labute approximate surface area is 162 Å². The Bertz CT molecular complexity index is 981. The molecule has 2 aliphatic heterocycles. The molecule has 3 aliphatic rings. The second-order valence-corrected chi connectivity index (χ2v) is 7.66. The van der Waals surface area contributed by atoms with Gasteiger partial charge in [-0.3, -0.25) is 9.59 Å². The first-order valence-electron chi connectivity index (χ1n) is 9.81. The molecule has 3 N–H and O–H groups in total. The summed E-state index contributed by atoms with van der Waals surface area (Å²) < 4.78 is 1.78. The summed E-state index contributed by atoms with van der Waals surface area (Å²) in [6.07, 6.45) is 5.59. The van der Waals surface area contributed by atoms with E-state index in [2.05, 4.69) is 15.7 Å². The Morgan fingerprint density at radius 2 is 2.11 bits per heavy atom. The summed E-state index contributed by atoms with van der Waals surface area (Å²) in [6.45, 7) is -0.150. The van der Waals surface area contributed by atoms with Gasteiger partial charge in [-0.2, -0.15) is 5.10 Å². The van der Waals surface area contributed by atoms with Gasteiger partial charge in [0.1, 0.15) is 12.6 Å². The maximum absolute atomic E-state index is 13.0. The van der Waals surface area contributed by atoms with Gasteiger partial charge in [-0.25, -0.2) is 4.52 Å². The van der Waals surface area contributed by atoms with Gasteiger partial charge in [-0.05, 0) is 31.0 Å². The molecule has 3 atom stereocenters. The highest BCUT2D eigenvalue weighted by atomic mass is 16.3. The van der Waals surface area contributed by atoms with Crippen molar-refractivity contribution in [2.45, 2.75) is 43.8 Å². The zero-order valence-electron chi connectivity index (χ0n) is 15.5. The molecule has 0 spiro atoms. The van der Waals surface area contributed by atoms with Crippen molar-refractivity contribution in [1.29, 1.82) is 0 Å². The summed E-state index contributed by atoms with van der Waals surface area (Å²) in [5.41, 5.74) is 3.05. The molecule has 0 unspecified atom stereocenters. The van der Waals surface area contributed by atoms with E-state index in [1.165, 1.54) is 0 Å². The maximum atomic E-state index is 13.0. The number of aromatic nitrogens is 2. The van der Waals surface area contributed by atoms with Crippen molar-refractivity contribution in [1.82, 2.24) is 25.1 Å². The van der Waals surface area contributed by atoms with Gasteiger partial charge in [-0.1, -0.05) is 18.9 Å². The number of nitrogens with zero attached hydrogens (tertiary/aromatic N) is 3. The molecule has 4 heterocycles. The molecule has 28 heavy (non-hydrogen) atoms. The van der Waals surface area contributed by atoms with Crippen LogP contribution in [0, 0.1) is 0 Å². The Morgan fingerprint density at radius 3 is 2.96 bits per heavy atom. The van der Waals surface area contributed by atoms with Crippen LogP contribution in [0.15, 0.2) is 41.7 Å². The highest BCUT2D eigenvalue weighted by molar-refractivity contribution is 5.99. The van der Waals surface area contributed by atoms with Crippen molar-refractivity contribution in [2.24, 2.45) is 0 Å².